The molecule has 2 nitrogen and oxygen atoms in total. The first-order valence-corrected chi connectivity index (χ1v) is 5.50. The van der Waals surface area contributed by atoms with Gasteiger partial charge in [0, 0.05) is 24.0 Å². The molecule has 1 aliphatic carbocycles. The molecule has 0 saturated heterocycles. The van der Waals surface area contributed by atoms with Gasteiger partial charge in [-0.3, -0.25) is 4.99 Å². The zero-order valence-corrected chi connectivity index (χ0v) is 9.48. The molecule has 0 atom stereocenters. The lowest BCUT2D eigenvalue weighted by Gasteiger charge is -2.14. The van der Waals surface area contributed by atoms with Crippen LogP contribution in [-0.2, 0) is 0 Å². The summed E-state index contributed by atoms with van der Waals surface area (Å²) in [4.78, 5) is 4.30. The van der Waals surface area contributed by atoms with Gasteiger partial charge in [0.25, 0.3) is 0 Å². The van der Waals surface area contributed by atoms with Crippen molar-refractivity contribution in [3.8, 4) is 0 Å². The van der Waals surface area contributed by atoms with Crippen molar-refractivity contribution in [2.45, 2.75) is 12.8 Å². The number of benzene rings is 1. The molecule has 1 aromatic rings. The first kappa shape index (κ1) is 10.7. The fraction of sp³-hybridized carbons (Fsp3) is 0.214. The lowest BCUT2D eigenvalue weighted by Crippen LogP contribution is -2.11. The Bertz CT molecular complexity index is 453. The second-order valence-corrected chi connectivity index (χ2v) is 3.80. The molecule has 0 fully saturated rings. The summed E-state index contributed by atoms with van der Waals surface area (Å²) in [6.45, 7) is 0. The monoisotopic (exact) mass is 212 g/mol. The highest BCUT2D eigenvalue weighted by atomic mass is 14.7. The predicted octanol–water partition coefficient (Wildman–Crippen LogP) is 2.78. The quantitative estimate of drug-likeness (QED) is 0.763. The Balaban J connectivity index is 2.47. The van der Waals surface area contributed by atoms with Gasteiger partial charge in [0.2, 0.25) is 0 Å². The zero-order chi connectivity index (χ0) is 11.4. The van der Waals surface area contributed by atoms with Crippen molar-refractivity contribution in [2.75, 3.05) is 7.05 Å². The maximum atomic E-state index is 6.18. The van der Waals surface area contributed by atoms with E-state index in [4.69, 9.17) is 5.73 Å². The largest absolute Gasteiger partial charge is 0.398 e. The van der Waals surface area contributed by atoms with Gasteiger partial charge in [-0.05, 0) is 18.4 Å². The molecule has 16 heavy (non-hydrogen) atoms. The molecule has 0 spiro atoms. The minimum atomic E-state index is 0.817. The molecule has 2 rings (SSSR count). The first-order chi connectivity index (χ1) is 7.83. The number of aliphatic imine (C=N–C) groups is 1. The fourth-order valence-corrected chi connectivity index (χ4v) is 1.90. The lowest BCUT2D eigenvalue weighted by molar-refractivity contribution is 1.06. The molecule has 0 unspecified atom stereocenters. The van der Waals surface area contributed by atoms with Gasteiger partial charge >= 0.3 is 0 Å². The molecule has 0 aliphatic heterocycles. The maximum Gasteiger partial charge on any atom is 0.0479 e. The van der Waals surface area contributed by atoms with E-state index in [1.54, 1.807) is 0 Å². The maximum absolute atomic E-state index is 6.18. The third kappa shape index (κ3) is 2.06. The van der Waals surface area contributed by atoms with E-state index < -0.39 is 0 Å². The summed E-state index contributed by atoms with van der Waals surface area (Å²) in [6, 6.07) is 10.0. The smallest absolute Gasteiger partial charge is 0.0479 e. The van der Waals surface area contributed by atoms with E-state index in [1.165, 1.54) is 0 Å². The van der Waals surface area contributed by atoms with Gasteiger partial charge in [-0.15, -0.1) is 0 Å². The van der Waals surface area contributed by atoms with Crippen LogP contribution in [0, 0.1) is 0 Å². The van der Waals surface area contributed by atoms with E-state index in [2.05, 4.69) is 17.1 Å². The highest BCUT2D eigenvalue weighted by Gasteiger charge is 2.12. The summed E-state index contributed by atoms with van der Waals surface area (Å²) in [5.41, 5.74) is 10.2. The molecule has 1 aromatic carbocycles. The summed E-state index contributed by atoms with van der Waals surface area (Å²) in [7, 11) is 1.83. The van der Waals surface area contributed by atoms with E-state index in [0.717, 1.165) is 35.4 Å². The first-order valence-electron chi connectivity index (χ1n) is 5.50. The molecule has 0 bridgehead atoms. The van der Waals surface area contributed by atoms with Crippen molar-refractivity contribution < 1.29 is 0 Å². The van der Waals surface area contributed by atoms with Crippen LogP contribution in [0.15, 0.2) is 53.0 Å². The summed E-state index contributed by atoms with van der Waals surface area (Å²) < 4.78 is 0. The van der Waals surface area contributed by atoms with Crippen LogP contribution in [0.5, 0.6) is 0 Å². The van der Waals surface area contributed by atoms with Crippen molar-refractivity contribution in [3.05, 3.63) is 53.6 Å². The van der Waals surface area contributed by atoms with Gasteiger partial charge in [0.05, 0.1) is 0 Å². The summed E-state index contributed by atoms with van der Waals surface area (Å²) in [6.07, 6.45) is 6.27. The van der Waals surface area contributed by atoms with Crippen LogP contribution in [0.4, 0.5) is 0 Å². The van der Waals surface area contributed by atoms with E-state index in [1.807, 2.05) is 37.4 Å². The van der Waals surface area contributed by atoms with Crippen molar-refractivity contribution in [3.63, 3.8) is 0 Å². The summed E-state index contributed by atoms with van der Waals surface area (Å²) in [5, 5.41) is 0. The molecular weight excluding hydrogens is 196 g/mol. The van der Waals surface area contributed by atoms with Crippen LogP contribution in [0.1, 0.15) is 18.4 Å². The zero-order valence-electron chi connectivity index (χ0n) is 9.48. The van der Waals surface area contributed by atoms with Gasteiger partial charge < -0.3 is 5.73 Å². The highest BCUT2D eigenvalue weighted by Crippen LogP contribution is 2.21. The highest BCUT2D eigenvalue weighted by molar-refractivity contribution is 6.09. The van der Waals surface area contributed by atoms with Crippen molar-refractivity contribution in [1.29, 1.82) is 0 Å². The second-order valence-electron chi connectivity index (χ2n) is 3.80. The molecule has 2 heteroatoms. The number of rotatable bonds is 1. The summed E-state index contributed by atoms with van der Waals surface area (Å²) >= 11 is 0. The number of hydrogen-bond donors (Lipinski definition) is 1. The summed E-state index contributed by atoms with van der Waals surface area (Å²) in [5.74, 6) is 0. The average Bonchev–Trinajstić information content (AvgIpc) is 2.39. The van der Waals surface area contributed by atoms with Crippen LogP contribution < -0.4 is 5.73 Å². The van der Waals surface area contributed by atoms with Crippen molar-refractivity contribution in [2.24, 2.45) is 10.7 Å². The van der Waals surface area contributed by atoms with Crippen molar-refractivity contribution >= 4 is 11.4 Å². The van der Waals surface area contributed by atoms with Gasteiger partial charge in [-0.2, -0.15) is 0 Å². The van der Waals surface area contributed by atoms with Crippen LogP contribution >= 0.6 is 0 Å². The predicted molar refractivity (Wildman–Crippen MR) is 69.3 cm³/mol. The lowest BCUT2D eigenvalue weighted by atomic mass is 9.95. The molecule has 0 aromatic heterocycles. The molecule has 0 radical (unpaired) electrons. The topological polar surface area (TPSA) is 38.4 Å². The molecule has 0 amide bonds. The third-order valence-corrected chi connectivity index (χ3v) is 2.79. The number of allylic oxidation sites excluding steroid dienone is 3. The third-order valence-electron chi connectivity index (χ3n) is 2.79. The van der Waals surface area contributed by atoms with Crippen molar-refractivity contribution in [1.82, 2.24) is 0 Å². The van der Waals surface area contributed by atoms with Gasteiger partial charge in [0.15, 0.2) is 0 Å². The standard InChI is InChI=1S/C14H16N2/c1-16-13-10-6-5-9-12(13)14(15)11-7-3-2-4-8-11/h2-5,7-9H,6,10,15H2,1H3. The molecular formula is C14H16N2. The molecule has 1 aliphatic rings. The van der Waals surface area contributed by atoms with E-state index in [-0.39, 0.29) is 0 Å². The molecule has 0 heterocycles. The van der Waals surface area contributed by atoms with Gasteiger partial charge in [-0.25, -0.2) is 0 Å². The van der Waals surface area contributed by atoms with E-state index >= 15 is 0 Å². The molecule has 82 valence electrons. The second kappa shape index (κ2) is 4.79. The minimum Gasteiger partial charge on any atom is -0.398 e. The Morgan fingerprint density at radius 1 is 1.25 bits per heavy atom. The van der Waals surface area contributed by atoms with Gasteiger partial charge in [0.1, 0.15) is 0 Å². The van der Waals surface area contributed by atoms with Gasteiger partial charge in [-0.1, -0.05) is 42.5 Å². The Kier molecular flexibility index (Phi) is 3.20. The minimum absolute atomic E-state index is 0.817. The Labute approximate surface area is 96.2 Å². The number of hydrogen-bond acceptors (Lipinski definition) is 2. The molecule has 0 saturated carbocycles. The SMILES string of the molecule is CN=C1CCC=CC1=C(N)c1ccccc1. The van der Waals surface area contributed by atoms with Crippen LogP contribution in [0.3, 0.4) is 0 Å². The van der Waals surface area contributed by atoms with E-state index in [0.29, 0.717) is 0 Å². The fourth-order valence-electron chi connectivity index (χ4n) is 1.90. The number of nitrogens with two attached hydrogens (primary N) is 1. The Hall–Kier alpha value is -1.83. The van der Waals surface area contributed by atoms with Crippen LogP contribution in [0.25, 0.3) is 5.70 Å². The molecule has 2 N–H and O–H groups in total. The van der Waals surface area contributed by atoms with Crippen LogP contribution in [0.2, 0.25) is 0 Å². The Morgan fingerprint density at radius 2 is 2.00 bits per heavy atom. The average molecular weight is 212 g/mol. The number of nitrogens with zero attached hydrogens (tertiary/aromatic N) is 1. The normalized spacial score (nSPS) is 21.2. The van der Waals surface area contributed by atoms with E-state index in [9.17, 15) is 0 Å². The van der Waals surface area contributed by atoms with Crippen LogP contribution in [-0.4, -0.2) is 12.8 Å². The Morgan fingerprint density at radius 3 is 2.69 bits per heavy atom.